The molecule has 0 amide bonds. The Kier molecular flexibility index (Phi) is 15.8. The molecule has 1 aromatic heterocycles. The molecule has 362 valence electrons. The van der Waals surface area contributed by atoms with Crippen molar-refractivity contribution in [3.8, 4) is 0 Å². The highest BCUT2D eigenvalue weighted by Gasteiger charge is 2.36. The van der Waals surface area contributed by atoms with Gasteiger partial charge in [0, 0.05) is 72.6 Å². The van der Waals surface area contributed by atoms with Crippen LogP contribution in [0.1, 0.15) is 90.0 Å². The van der Waals surface area contributed by atoms with E-state index in [1.807, 2.05) is 30.3 Å². The lowest BCUT2D eigenvalue weighted by molar-refractivity contribution is 0.0370. The average Bonchev–Trinajstić information content (AvgIpc) is 3.31. The molecule has 4 aliphatic rings. The first-order chi connectivity index (χ1) is 31.9. The maximum Gasteiger partial charge on any atom is 0.263 e. The number of benzene rings is 3. The van der Waals surface area contributed by atoms with E-state index >= 15 is 0 Å². The summed E-state index contributed by atoms with van der Waals surface area (Å²) in [7, 11) is -8.26. The number of rotatable bonds is 16. The summed E-state index contributed by atoms with van der Waals surface area (Å²) in [6.45, 7) is 18.0. The number of hydrogen-bond acceptors (Lipinski definition) is 12. The number of anilines is 2. The van der Waals surface area contributed by atoms with Crippen LogP contribution < -0.4 is 10.0 Å². The number of allylic oxidation sites excluding steroid dienone is 1. The molecule has 2 N–H and O–H groups in total. The predicted octanol–water partition coefficient (Wildman–Crippen LogP) is 9.28. The molecular weight excluding hydrogens is 922 g/mol. The number of nitrogens with one attached hydrogen (secondary N) is 2. The molecule has 16 heteroatoms. The van der Waals surface area contributed by atoms with Crippen LogP contribution in [0.4, 0.5) is 11.5 Å². The molecule has 4 heterocycles. The molecule has 0 unspecified atom stereocenters. The van der Waals surface area contributed by atoms with Crippen LogP contribution >= 0.6 is 23.4 Å². The van der Waals surface area contributed by atoms with Gasteiger partial charge in [-0.25, -0.2) is 26.8 Å². The van der Waals surface area contributed by atoms with Gasteiger partial charge in [0.05, 0.1) is 39.1 Å². The highest BCUT2D eigenvalue weighted by atomic mass is 35.5. The van der Waals surface area contributed by atoms with Gasteiger partial charge in [-0.2, -0.15) is 0 Å². The van der Waals surface area contributed by atoms with Gasteiger partial charge in [-0.05, 0) is 138 Å². The number of sulfone groups is 1. The molecule has 67 heavy (non-hydrogen) atoms. The number of hydrogen-bond donors (Lipinski definition) is 2. The van der Waals surface area contributed by atoms with Crippen LogP contribution in [0.25, 0.3) is 5.57 Å². The SMILES string of the molecule is CC1(C)CCC(CN2CCC(N3CCc4c(ncnc4NS(=O)(=O)c4ccc(N[C@H](CCN5CCOCC5)CSc5ccccc5)c(S(=O)(=O)C(C)(C)C)c4)C3)CC2)=C(c2ccc(Cl)cc2)C1. The Morgan fingerprint density at radius 1 is 0.896 bits per heavy atom. The van der Waals surface area contributed by atoms with Crippen molar-refractivity contribution in [1.29, 1.82) is 0 Å². The van der Waals surface area contributed by atoms with Gasteiger partial charge in [0.2, 0.25) is 0 Å². The van der Waals surface area contributed by atoms with Gasteiger partial charge in [-0.1, -0.05) is 61.4 Å². The lowest BCUT2D eigenvalue weighted by Crippen LogP contribution is -2.47. The summed E-state index contributed by atoms with van der Waals surface area (Å²) in [5.74, 6) is 0.924. The van der Waals surface area contributed by atoms with Crippen LogP contribution in [0.5, 0.6) is 0 Å². The lowest BCUT2D eigenvalue weighted by Gasteiger charge is -2.41. The first-order valence-corrected chi connectivity index (χ1v) is 28.2. The van der Waals surface area contributed by atoms with Gasteiger partial charge in [0.1, 0.15) is 12.1 Å². The first-order valence-electron chi connectivity index (χ1n) is 23.9. The minimum atomic E-state index is -4.26. The van der Waals surface area contributed by atoms with Crippen molar-refractivity contribution in [2.24, 2.45) is 5.41 Å². The summed E-state index contributed by atoms with van der Waals surface area (Å²) in [6.07, 6.45) is 8.27. The minimum absolute atomic E-state index is 0.0447. The zero-order chi connectivity index (χ0) is 47.4. The fourth-order valence-electron chi connectivity index (χ4n) is 9.77. The number of fused-ring (bicyclic) bond motifs is 1. The summed E-state index contributed by atoms with van der Waals surface area (Å²) in [6, 6.07) is 23.2. The zero-order valence-electron chi connectivity index (χ0n) is 39.8. The van der Waals surface area contributed by atoms with Crippen molar-refractivity contribution in [2.75, 3.05) is 74.8 Å². The summed E-state index contributed by atoms with van der Waals surface area (Å²) in [4.78, 5) is 17.5. The van der Waals surface area contributed by atoms with E-state index < -0.39 is 24.6 Å². The van der Waals surface area contributed by atoms with Crippen molar-refractivity contribution < 1.29 is 21.6 Å². The van der Waals surface area contributed by atoms with E-state index in [4.69, 9.17) is 16.3 Å². The van der Waals surface area contributed by atoms with Gasteiger partial charge >= 0.3 is 0 Å². The Hall–Kier alpha value is -3.54. The third-order valence-corrected chi connectivity index (χ3v) is 19.2. The van der Waals surface area contributed by atoms with E-state index in [2.05, 4.69) is 72.8 Å². The molecular formula is C51H68ClN7O5S3. The van der Waals surface area contributed by atoms with Crippen LogP contribution in [-0.2, 0) is 37.6 Å². The first kappa shape index (κ1) is 49.9. The summed E-state index contributed by atoms with van der Waals surface area (Å²) in [5, 5.41) is 4.33. The quantitative estimate of drug-likeness (QED) is 0.104. The number of likely N-dealkylation sites (tertiary alicyclic amines) is 1. The van der Waals surface area contributed by atoms with Crippen LogP contribution in [-0.4, -0.2) is 123 Å². The zero-order valence-corrected chi connectivity index (χ0v) is 43.0. The standard InChI is InChI=1S/C51H68ClN7O5S3/c1-50(2,3)66(60,61)48-31-43(15-16-46(48)55-40(18-23-57-27-29-64-30-28-57)35-65-42-9-7-6-8-10-42)67(62,63)56-49-44-21-26-59(34-47(44)53-36-54-49)41-19-24-58(25-20-41)33-38-17-22-51(4,5)32-45(38)37-11-13-39(52)14-12-37/h6-16,31,36,40-41,55H,17-30,32-35H2,1-5H3,(H,53,54,56)/t40-/m1/s1. The molecule has 8 rings (SSSR count). The highest BCUT2D eigenvalue weighted by molar-refractivity contribution is 7.99. The molecule has 1 atom stereocenters. The second kappa shape index (κ2) is 21.2. The smallest absolute Gasteiger partial charge is 0.263 e. The maximum absolute atomic E-state index is 14.3. The highest BCUT2D eigenvalue weighted by Crippen LogP contribution is 2.44. The average molecular weight is 991 g/mol. The lowest BCUT2D eigenvalue weighted by atomic mass is 9.72. The Labute approximate surface area is 408 Å². The van der Waals surface area contributed by atoms with Crippen molar-refractivity contribution in [3.05, 3.63) is 107 Å². The van der Waals surface area contributed by atoms with Gasteiger partial charge in [-0.3, -0.25) is 19.4 Å². The topological polar surface area (TPSA) is 137 Å². The van der Waals surface area contributed by atoms with Gasteiger partial charge in [0.25, 0.3) is 10.0 Å². The Morgan fingerprint density at radius 2 is 1.63 bits per heavy atom. The number of sulfonamides is 1. The van der Waals surface area contributed by atoms with Gasteiger partial charge in [0.15, 0.2) is 9.84 Å². The Morgan fingerprint density at radius 3 is 2.34 bits per heavy atom. The van der Waals surface area contributed by atoms with Gasteiger partial charge in [-0.15, -0.1) is 11.8 Å². The van der Waals surface area contributed by atoms with Crippen LogP contribution in [0.3, 0.4) is 0 Å². The summed E-state index contributed by atoms with van der Waals surface area (Å²) >= 11 is 7.97. The fourth-order valence-corrected chi connectivity index (χ4v) is 13.4. The van der Waals surface area contributed by atoms with Crippen LogP contribution in [0.2, 0.25) is 5.02 Å². The Bertz CT molecular complexity index is 2590. The van der Waals surface area contributed by atoms with E-state index in [-0.39, 0.29) is 27.1 Å². The van der Waals surface area contributed by atoms with E-state index in [0.29, 0.717) is 43.7 Å². The van der Waals surface area contributed by atoms with E-state index in [0.717, 1.165) is 99.1 Å². The second-order valence-corrected chi connectivity index (χ2v) is 26.3. The fraction of sp³-hybridized carbons (Fsp3) is 0.529. The van der Waals surface area contributed by atoms with Crippen molar-refractivity contribution in [3.63, 3.8) is 0 Å². The minimum Gasteiger partial charge on any atom is -0.380 e. The molecule has 0 spiro atoms. The molecule has 1 aliphatic carbocycles. The summed E-state index contributed by atoms with van der Waals surface area (Å²) in [5.41, 5.74) is 6.57. The van der Waals surface area contributed by atoms with Crippen LogP contribution in [0, 0.1) is 5.41 Å². The normalized spacial score (nSPS) is 19.8. The third kappa shape index (κ3) is 12.4. The van der Waals surface area contributed by atoms with Gasteiger partial charge < -0.3 is 10.1 Å². The molecule has 2 saturated heterocycles. The van der Waals surface area contributed by atoms with E-state index in [9.17, 15) is 16.8 Å². The molecule has 12 nitrogen and oxygen atoms in total. The second-order valence-electron chi connectivity index (χ2n) is 20.4. The molecule has 0 radical (unpaired) electrons. The number of aromatic nitrogens is 2. The number of halogens is 1. The van der Waals surface area contributed by atoms with Crippen molar-refractivity contribution in [1.82, 2.24) is 24.7 Å². The molecule has 0 saturated carbocycles. The largest absolute Gasteiger partial charge is 0.380 e. The van der Waals surface area contributed by atoms with Crippen molar-refractivity contribution >= 4 is 60.3 Å². The summed E-state index contributed by atoms with van der Waals surface area (Å²) < 4.78 is 64.3. The Balaban J connectivity index is 0.950. The number of thioether (sulfide) groups is 1. The van der Waals surface area contributed by atoms with E-state index in [1.54, 1.807) is 44.2 Å². The molecule has 0 bridgehead atoms. The maximum atomic E-state index is 14.3. The monoisotopic (exact) mass is 989 g/mol. The van der Waals surface area contributed by atoms with E-state index in [1.165, 1.54) is 36.0 Å². The number of nitrogens with zero attached hydrogens (tertiary/aromatic N) is 5. The van der Waals surface area contributed by atoms with Crippen molar-refractivity contribution in [2.45, 2.75) is 118 Å². The molecule has 4 aromatic rings. The molecule has 3 aromatic carbocycles. The number of ether oxygens (including phenoxy) is 1. The van der Waals surface area contributed by atoms with Crippen LogP contribution in [0.15, 0.2) is 99.4 Å². The number of morpholine rings is 1. The third-order valence-electron chi connectivity index (χ3n) is 13.9. The predicted molar refractivity (Wildman–Crippen MR) is 272 cm³/mol. The number of piperidine rings is 1. The molecule has 3 aliphatic heterocycles. The molecule has 2 fully saturated rings.